The van der Waals surface area contributed by atoms with Gasteiger partial charge in [-0.15, -0.1) is 0 Å². The molecule has 1 atom stereocenters. The third-order valence-corrected chi connectivity index (χ3v) is 7.40. The fourth-order valence-corrected chi connectivity index (χ4v) is 4.92. The monoisotopic (exact) mass is 497 g/mol. The molecule has 0 amide bonds. The fraction of sp³-hybridized carbons (Fsp3) is 1.00. The molecule has 0 aromatic rings. The largest absolute Gasteiger partial charge is 0.379 e. The van der Waals surface area contributed by atoms with E-state index in [4.69, 9.17) is 9.47 Å². The van der Waals surface area contributed by atoms with Crippen LogP contribution in [0.3, 0.4) is 0 Å². The van der Waals surface area contributed by atoms with Crippen LogP contribution in [0.2, 0.25) is 0 Å². The number of unbranched alkanes of at least 4 members (excludes halogenated alkanes) is 24. The number of hydrogen-bond donors (Lipinski definition) is 0. The second-order valence-corrected chi connectivity index (χ2v) is 11.2. The Morgan fingerprint density at radius 2 is 0.657 bits per heavy atom. The highest BCUT2D eigenvalue weighted by Gasteiger charge is 2.02. The Morgan fingerprint density at radius 1 is 0.371 bits per heavy atom. The Labute approximate surface area is 223 Å². The molecule has 0 saturated carbocycles. The topological polar surface area (TPSA) is 18.5 Å². The summed E-state index contributed by atoms with van der Waals surface area (Å²) in [6.45, 7) is 9.32. The number of hydrogen-bond acceptors (Lipinski definition) is 2. The molecule has 0 radical (unpaired) electrons. The molecule has 0 saturated heterocycles. The van der Waals surface area contributed by atoms with Gasteiger partial charge in [0.2, 0.25) is 0 Å². The Hall–Kier alpha value is -0.0800. The summed E-state index contributed by atoms with van der Waals surface area (Å²) in [5, 5.41) is 0. The van der Waals surface area contributed by atoms with Crippen LogP contribution in [0.5, 0.6) is 0 Å². The van der Waals surface area contributed by atoms with Gasteiger partial charge in [0, 0.05) is 13.2 Å². The molecule has 0 aliphatic heterocycles. The van der Waals surface area contributed by atoms with E-state index in [0.717, 1.165) is 19.8 Å². The smallest absolute Gasteiger partial charge is 0.0780 e. The molecule has 0 aromatic carbocycles. The summed E-state index contributed by atoms with van der Waals surface area (Å²) in [5.74, 6) is 0. The molecule has 35 heavy (non-hydrogen) atoms. The van der Waals surface area contributed by atoms with Gasteiger partial charge in [-0.1, -0.05) is 168 Å². The van der Waals surface area contributed by atoms with E-state index in [1.54, 1.807) is 0 Å². The zero-order valence-electron chi connectivity index (χ0n) is 24.9. The fourth-order valence-electron chi connectivity index (χ4n) is 4.92. The van der Waals surface area contributed by atoms with Gasteiger partial charge >= 0.3 is 0 Å². The van der Waals surface area contributed by atoms with Crippen molar-refractivity contribution in [1.29, 1.82) is 0 Å². The molecule has 0 N–H and O–H groups in total. The molecule has 2 heteroatoms. The van der Waals surface area contributed by atoms with Crippen molar-refractivity contribution in [2.24, 2.45) is 0 Å². The second-order valence-electron chi connectivity index (χ2n) is 11.2. The third-order valence-electron chi connectivity index (χ3n) is 7.40. The van der Waals surface area contributed by atoms with Gasteiger partial charge in [0.15, 0.2) is 0 Å². The van der Waals surface area contributed by atoms with Crippen molar-refractivity contribution < 1.29 is 9.47 Å². The highest BCUT2D eigenvalue weighted by molar-refractivity contribution is 4.52. The van der Waals surface area contributed by atoms with Gasteiger partial charge in [0.1, 0.15) is 0 Å². The molecule has 0 fully saturated rings. The maximum atomic E-state index is 5.94. The van der Waals surface area contributed by atoms with Crippen LogP contribution in [0.15, 0.2) is 0 Å². The molecule has 0 bridgehead atoms. The van der Waals surface area contributed by atoms with Gasteiger partial charge in [0.05, 0.1) is 12.7 Å². The van der Waals surface area contributed by atoms with E-state index >= 15 is 0 Å². The molecule has 0 rings (SSSR count). The van der Waals surface area contributed by atoms with Gasteiger partial charge < -0.3 is 9.47 Å². The lowest BCUT2D eigenvalue weighted by molar-refractivity contribution is -0.00869. The molecule has 2 nitrogen and oxygen atoms in total. The Kier molecular flexibility index (Phi) is 31.9. The van der Waals surface area contributed by atoms with Crippen LogP contribution in [0, 0.1) is 0 Å². The lowest BCUT2D eigenvalue weighted by atomic mass is 10.0. The van der Waals surface area contributed by atoms with Crippen molar-refractivity contribution in [3.63, 3.8) is 0 Å². The minimum Gasteiger partial charge on any atom is -0.379 e. The van der Waals surface area contributed by atoms with E-state index in [9.17, 15) is 0 Å². The first-order chi connectivity index (χ1) is 17.3. The maximum Gasteiger partial charge on any atom is 0.0780 e. The molecular formula is C33H68O2. The van der Waals surface area contributed by atoms with Crippen LogP contribution in [-0.4, -0.2) is 25.9 Å². The summed E-state index contributed by atoms with van der Waals surface area (Å²) in [5.41, 5.74) is 0. The molecular weight excluding hydrogens is 428 g/mol. The van der Waals surface area contributed by atoms with Crippen LogP contribution in [0.4, 0.5) is 0 Å². The van der Waals surface area contributed by atoms with Crippen LogP contribution in [0.1, 0.15) is 188 Å². The minimum absolute atomic E-state index is 0.245. The van der Waals surface area contributed by atoms with Crippen molar-refractivity contribution in [2.75, 3.05) is 19.8 Å². The minimum atomic E-state index is 0.245. The SMILES string of the molecule is CCCCCCCCCCCCCCCOCC(C)OCCCCCCCCCCCCCCC. The molecule has 212 valence electrons. The van der Waals surface area contributed by atoms with Crippen LogP contribution >= 0.6 is 0 Å². The van der Waals surface area contributed by atoms with E-state index < -0.39 is 0 Å². The summed E-state index contributed by atoms with van der Waals surface area (Å²) in [4.78, 5) is 0. The first-order valence-corrected chi connectivity index (χ1v) is 16.5. The molecule has 0 spiro atoms. The van der Waals surface area contributed by atoms with E-state index in [1.165, 1.54) is 167 Å². The average molecular weight is 497 g/mol. The van der Waals surface area contributed by atoms with Crippen molar-refractivity contribution in [3.05, 3.63) is 0 Å². The predicted octanol–water partition coefficient (Wildman–Crippen LogP) is 11.6. The quantitative estimate of drug-likeness (QED) is 0.0888. The highest BCUT2D eigenvalue weighted by Crippen LogP contribution is 2.14. The van der Waals surface area contributed by atoms with Gasteiger partial charge in [-0.05, 0) is 19.8 Å². The van der Waals surface area contributed by atoms with Crippen LogP contribution < -0.4 is 0 Å². The summed E-state index contributed by atoms with van der Waals surface area (Å²) in [6.07, 6.45) is 36.7. The average Bonchev–Trinajstić information content (AvgIpc) is 2.86. The van der Waals surface area contributed by atoms with E-state index in [2.05, 4.69) is 20.8 Å². The van der Waals surface area contributed by atoms with Crippen molar-refractivity contribution >= 4 is 0 Å². The first kappa shape index (κ1) is 34.9. The van der Waals surface area contributed by atoms with Crippen molar-refractivity contribution in [2.45, 2.75) is 194 Å². The van der Waals surface area contributed by atoms with Gasteiger partial charge in [-0.2, -0.15) is 0 Å². The van der Waals surface area contributed by atoms with Crippen molar-refractivity contribution in [3.8, 4) is 0 Å². The van der Waals surface area contributed by atoms with Gasteiger partial charge in [-0.3, -0.25) is 0 Å². The summed E-state index contributed by atoms with van der Waals surface area (Å²) >= 11 is 0. The van der Waals surface area contributed by atoms with E-state index in [0.29, 0.717) is 0 Å². The second kappa shape index (κ2) is 31.9. The van der Waals surface area contributed by atoms with Gasteiger partial charge in [-0.25, -0.2) is 0 Å². The van der Waals surface area contributed by atoms with Crippen LogP contribution in [-0.2, 0) is 9.47 Å². The summed E-state index contributed by atoms with van der Waals surface area (Å²) in [7, 11) is 0. The predicted molar refractivity (Wildman–Crippen MR) is 158 cm³/mol. The standard InChI is InChI=1S/C33H68O2/c1-4-6-8-10-12-14-16-18-20-22-24-26-28-30-34-32-33(3)35-31-29-27-25-23-21-19-17-15-13-11-9-7-5-2/h33H,4-32H2,1-3H3. The zero-order chi connectivity index (χ0) is 25.5. The molecule has 0 aliphatic rings. The lowest BCUT2D eigenvalue weighted by Crippen LogP contribution is -2.17. The van der Waals surface area contributed by atoms with E-state index in [-0.39, 0.29) is 6.10 Å². The summed E-state index contributed by atoms with van der Waals surface area (Å²) in [6, 6.07) is 0. The third kappa shape index (κ3) is 31.9. The van der Waals surface area contributed by atoms with E-state index in [1.807, 2.05) is 0 Å². The molecule has 1 unspecified atom stereocenters. The van der Waals surface area contributed by atoms with Crippen molar-refractivity contribution in [1.82, 2.24) is 0 Å². The Morgan fingerprint density at radius 3 is 1.00 bits per heavy atom. The summed E-state index contributed by atoms with van der Waals surface area (Å²) < 4.78 is 11.8. The number of rotatable bonds is 31. The zero-order valence-corrected chi connectivity index (χ0v) is 24.9. The molecule has 0 heterocycles. The molecule has 0 aromatic heterocycles. The molecule has 0 aliphatic carbocycles. The highest BCUT2D eigenvalue weighted by atomic mass is 16.5. The normalized spacial score (nSPS) is 12.4. The lowest BCUT2D eigenvalue weighted by Gasteiger charge is -2.13. The number of ether oxygens (including phenoxy) is 2. The van der Waals surface area contributed by atoms with Gasteiger partial charge in [0.25, 0.3) is 0 Å². The maximum absolute atomic E-state index is 5.94. The Bertz CT molecular complexity index is 357. The Balaban J connectivity index is 3.13. The first-order valence-electron chi connectivity index (χ1n) is 16.5. The van der Waals surface area contributed by atoms with Crippen LogP contribution in [0.25, 0.3) is 0 Å².